The molecule has 144 valence electrons. The highest BCUT2D eigenvalue weighted by molar-refractivity contribution is 5.79. The van der Waals surface area contributed by atoms with Crippen LogP contribution in [0.2, 0.25) is 0 Å². The second kappa shape index (κ2) is 8.49. The molecule has 1 amide bonds. The first-order chi connectivity index (χ1) is 13.0. The number of benzene rings is 1. The van der Waals surface area contributed by atoms with E-state index < -0.39 is 31.2 Å². The number of carbonyl (C=O) groups is 1. The average molecular weight is 379 g/mol. The van der Waals surface area contributed by atoms with Gasteiger partial charge in [0.2, 0.25) is 0 Å². The predicted octanol–water partition coefficient (Wildman–Crippen LogP) is 2.19. The number of carbonyl (C=O) groups excluding carboxylic acids is 1. The number of nitrogens with zero attached hydrogens (tertiary/aromatic N) is 1. The summed E-state index contributed by atoms with van der Waals surface area (Å²) in [6.45, 7) is 0.691. The van der Waals surface area contributed by atoms with Crippen molar-refractivity contribution in [2.24, 2.45) is 0 Å². The molecule has 2 atom stereocenters. The van der Waals surface area contributed by atoms with E-state index in [0.717, 1.165) is 29.9 Å². The third kappa shape index (κ3) is 4.45. The molecule has 27 heavy (non-hydrogen) atoms. The molecule has 5 nitrogen and oxygen atoms in total. The summed E-state index contributed by atoms with van der Waals surface area (Å²) in [5, 5.41) is 15.2. The van der Waals surface area contributed by atoms with Crippen LogP contribution in [-0.4, -0.2) is 48.2 Å². The molecule has 0 saturated carbocycles. The predicted molar refractivity (Wildman–Crippen MR) is 94.2 cm³/mol. The van der Waals surface area contributed by atoms with E-state index in [4.69, 9.17) is 0 Å². The Bertz CT molecular complexity index is 765. The van der Waals surface area contributed by atoms with Gasteiger partial charge >= 0.3 is 6.43 Å². The van der Waals surface area contributed by atoms with Crippen LogP contribution >= 0.6 is 0 Å². The highest BCUT2D eigenvalue weighted by atomic mass is 19.3. The fourth-order valence-electron chi connectivity index (χ4n) is 2.87. The molecule has 1 fully saturated rings. The number of nitrogens with one attached hydrogen (secondary N) is 2. The van der Waals surface area contributed by atoms with Crippen LogP contribution in [0.15, 0.2) is 42.6 Å². The number of amides is 1. The third-order valence-electron chi connectivity index (χ3n) is 4.64. The maximum absolute atomic E-state index is 13.1. The topological polar surface area (TPSA) is 74.2 Å². The van der Waals surface area contributed by atoms with Gasteiger partial charge in [-0.05, 0) is 17.2 Å². The quantitative estimate of drug-likeness (QED) is 0.690. The van der Waals surface area contributed by atoms with Gasteiger partial charge in [-0.1, -0.05) is 30.3 Å². The number of aliphatic hydroxyl groups is 1. The first kappa shape index (κ1) is 19.3. The van der Waals surface area contributed by atoms with E-state index in [1.165, 1.54) is 0 Å². The summed E-state index contributed by atoms with van der Waals surface area (Å²) >= 11 is 0. The molecule has 2 heterocycles. The van der Waals surface area contributed by atoms with Crippen molar-refractivity contribution in [2.45, 2.75) is 24.5 Å². The zero-order valence-corrected chi connectivity index (χ0v) is 14.4. The largest absolute Gasteiger partial charge is 0.386 e. The molecule has 2 aromatic rings. The molecule has 1 aromatic heterocycles. The second-order valence-corrected chi connectivity index (χ2v) is 6.46. The first-order valence-corrected chi connectivity index (χ1v) is 8.59. The maximum Gasteiger partial charge on any atom is 0.315 e. The van der Waals surface area contributed by atoms with Crippen molar-refractivity contribution in [3.05, 3.63) is 53.9 Å². The van der Waals surface area contributed by atoms with E-state index in [2.05, 4.69) is 10.3 Å². The molecule has 1 saturated heterocycles. The Kier molecular flexibility index (Phi) is 6.08. The van der Waals surface area contributed by atoms with Crippen LogP contribution in [0.5, 0.6) is 0 Å². The van der Waals surface area contributed by atoms with Gasteiger partial charge in [-0.3, -0.25) is 9.78 Å². The molecule has 0 aliphatic carbocycles. The first-order valence-electron chi connectivity index (χ1n) is 8.59. The summed E-state index contributed by atoms with van der Waals surface area (Å²) in [5.41, 5.74) is 3.09. The summed E-state index contributed by atoms with van der Waals surface area (Å²) in [5.74, 6) is -1.17. The minimum absolute atomic E-state index is 0.320. The Hall–Kier alpha value is -2.45. The standard InChI is InChI=1S/C19H20F3N3O2/c20-7-16(25-19(27)18(21)22)17(26)12-3-1-11(2-4-12)13-5-6-15(24-10-13)14-8-23-9-14/h1-6,10,14,16-18,23,26H,7-9H2,(H,25,27)/t16-,17+/m1/s1. The summed E-state index contributed by atoms with van der Waals surface area (Å²) in [7, 11) is 0. The lowest BCUT2D eigenvalue weighted by atomic mass is 9.96. The Morgan fingerprint density at radius 1 is 1.19 bits per heavy atom. The normalized spacial score (nSPS) is 16.6. The number of hydrogen-bond acceptors (Lipinski definition) is 4. The van der Waals surface area contributed by atoms with Crippen molar-refractivity contribution in [1.82, 2.24) is 15.6 Å². The van der Waals surface area contributed by atoms with E-state index in [9.17, 15) is 23.1 Å². The van der Waals surface area contributed by atoms with Crippen molar-refractivity contribution in [1.29, 1.82) is 0 Å². The summed E-state index contributed by atoms with van der Waals surface area (Å²) in [4.78, 5) is 15.5. The molecule has 0 spiro atoms. The van der Waals surface area contributed by atoms with Crippen LogP contribution in [0.4, 0.5) is 13.2 Å². The van der Waals surface area contributed by atoms with E-state index >= 15 is 0 Å². The van der Waals surface area contributed by atoms with Gasteiger partial charge in [-0.15, -0.1) is 0 Å². The molecular weight excluding hydrogens is 359 g/mol. The van der Waals surface area contributed by atoms with Gasteiger partial charge in [0.25, 0.3) is 5.91 Å². The van der Waals surface area contributed by atoms with Gasteiger partial charge in [0.1, 0.15) is 12.8 Å². The van der Waals surface area contributed by atoms with Gasteiger partial charge in [0.15, 0.2) is 0 Å². The summed E-state index contributed by atoms with van der Waals surface area (Å²) in [6.07, 6.45) is -2.93. The lowest BCUT2D eigenvalue weighted by Gasteiger charge is -2.26. The zero-order chi connectivity index (χ0) is 19.4. The molecule has 0 unspecified atom stereocenters. The Morgan fingerprint density at radius 3 is 2.33 bits per heavy atom. The number of aliphatic hydroxyl groups excluding tert-OH is 1. The van der Waals surface area contributed by atoms with E-state index in [-0.39, 0.29) is 0 Å². The van der Waals surface area contributed by atoms with Crippen LogP contribution in [0.1, 0.15) is 23.3 Å². The monoisotopic (exact) mass is 379 g/mol. The molecule has 1 aliphatic rings. The van der Waals surface area contributed by atoms with Crippen molar-refractivity contribution < 1.29 is 23.1 Å². The van der Waals surface area contributed by atoms with Crippen molar-refractivity contribution in [2.75, 3.05) is 19.8 Å². The van der Waals surface area contributed by atoms with Crippen LogP contribution in [0, 0.1) is 0 Å². The fourth-order valence-corrected chi connectivity index (χ4v) is 2.87. The van der Waals surface area contributed by atoms with Crippen LogP contribution in [0.25, 0.3) is 11.1 Å². The van der Waals surface area contributed by atoms with Crippen LogP contribution in [0.3, 0.4) is 0 Å². The number of pyridine rings is 1. The second-order valence-electron chi connectivity index (χ2n) is 6.46. The minimum atomic E-state index is -3.26. The minimum Gasteiger partial charge on any atom is -0.386 e. The van der Waals surface area contributed by atoms with Crippen molar-refractivity contribution in [3.63, 3.8) is 0 Å². The number of aromatic nitrogens is 1. The lowest BCUT2D eigenvalue weighted by Crippen LogP contribution is -2.43. The molecule has 1 aromatic carbocycles. The van der Waals surface area contributed by atoms with Gasteiger partial charge < -0.3 is 15.7 Å². The van der Waals surface area contributed by atoms with Gasteiger partial charge in [-0.2, -0.15) is 8.78 Å². The van der Waals surface area contributed by atoms with E-state index in [0.29, 0.717) is 11.5 Å². The summed E-state index contributed by atoms with van der Waals surface area (Å²) < 4.78 is 37.7. The Balaban J connectivity index is 1.69. The SMILES string of the molecule is O=C(N[C@H](CF)[C@@H](O)c1ccc(-c2ccc(C3CNC3)nc2)cc1)C(F)F. The Morgan fingerprint density at radius 2 is 1.85 bits per heavy atom. The highest BCUT2D eigenvalue weighted by Crippen LogP contribution is 2.25. The molecule has 1 aliphatic heterocycles. The van der Waals surface area contributed by atoms with Crippen molar-refractivity contribution in [3.8, 4) is 11.1 Å². The van der Waals surface area contributed by atoms with Crippen LogP contribution in [-0.2, 0) is 4.79 Å². The number of alkyl halides is 3. The number of rotatable bonds is 7. The highest BCUT2D eigenvalue weighted by Gasteiger charge is 2.26. The van der Waals surface area contributed by atoms with Gasteiger partial charge in [-0.25, -0.2) is 4.39 Å². The van der Waals surface area contributed by atoms with E-state index in [1.54, 1.807) is 30.5 Å². The van der Waals surface area contributed by atoms with Gasteiger partial charge in [0, 0.05) is 36.5 Å². The van der Waals surface area contributed by atoms with Gasteiger partial charge in [0.05, 0.1) is 6.04 Å². The lowest BCUT2D eigenvalue weighted by molar-refractivity contribution is -0.133. The molecule has 3 rings (SSSR count). The molecule has 8 heteroatoms. The molecular formula is C19H20F3N3O2. The van der Waals surface area contributed by atoms with Crippen molar-refractivity contribution >= 4 is 5.91 Å². The number of hydrogen-bond donors (Lipinski definition) is 3. The zero-order valence-electron chi connectivity index (χ0n) is 14.4. The molecule has 0 radical (unpaired) electrons. The van der Waals surface area contributed by atoms with Crippen LogP contribution < -0.4 is 10.6 Å². The average Bonchev–Trinajstić information content (AvgIpc) is 2.64. The summed E-state index contributed by atoms with van der Waals surface area (Å²) in [6, 6.07) is 9.09. The fraction of sp³-hybridized carbons (Fsp3) is 0.368. The van der Waals surface area contributed by atoms with E-state index in [1.807, 2.05) is 17.4 Å². The third-order valence-corrected chi connectivity index (χ3v) is 4.64. The Labute approximate surface area is 154 Å². The molecule has 3 N–H and O–H groups in total. The smallest absolute Gasteiger partial charge is 0.315 e. The number of halogens is 3. The maximum atomic E-state index is 13.1. The molecule has 0 bridgehead atoms.